The number of Topliss-reactive ketones (excluding diaryl/α,β-unsaturated/α-hetero) is 1. The number of aromatic nitrogens is 1. The van der Waals surface area contributed by atoms with E-state index in [-0.39, 0.29) is 0 Å². The first-order valence-corrected chi connectivity index (χ1v) is 9.69. The molecule has 1 aromatic heterocycles. The first kappa shape index (κ1) is 19.9. The molecule has 0 aliphatic rings. The molecule has 0 aliphatic carbocycles. The van der Waals surface area contributed by atoms with E-state index in [0.29, 0.717) is 5.78 Å². The van der Waals surface area contributed by atoms with Crippen molar-refractivity contribution < 1.29 is 9.36 Å². The summed E-state index contributed by atoms with van der Waals surface area (Å²) in [7, 11) is 0. The summed E-state index contributed by atoms with van der Waals surface area (Å²) >= 11 is 0. The highest BCUT2D eigenvalue weighted by Gasteiger charge is 2.05. The average molecular weight is 319 g/mol. The van der Waals surface area contributed by atoms with Gasteiger partial charge in [0.2, 0.25) is 0 Å². The van der Waals surface area contributed by atoms with Crippen molar-refractivity contribution in [2.24, 2.45) is 0 Å². The number of pyridine rings is 1. The number of hydrogen-bond donors (Lipinski definition) is 0. The maximum atomic E-state index is 11.9. The highest BCUT2D eigenvalue weighted by molar-refractivity contribution is 5.78. The van der Waals surface area contributed by atoms with Crippen LogP contribution in [0.5, 0.6) is 0 Å². The van der Waals surface area contributed by atoms with Crippen LogP contribution in [0.25, 0.3) is 0 Å². The molecule has 0 amide bonds. The Morgan fingerprint density at radius 1 is 0.826 bits per heavy atom. The summed E-state index contributed by atoms with van der Waals surface area (Å²) in [5, 5.41) is 0. The minimum absolute atomic E-state index is 0.445. The number of nitrogens with zero attached hydrogens (tertiary/aromatic N) is 1. The number of rotatable bonds is 14. The van der Waals surface area contributed by atoms with E-state index in [2.05, 4.69) is 42.9 Å². The number of ketones is 1. The zero-order chi connectivity index (χ0) is 16.8. The molecule has 130 valence electrons. The van der Waals surface area contributed by atoms with Crippen molar-refractivity contribution in [1.29, 1.82) is 0 Å². The third kappa shape index (κ3) is 11.1. The van der Waals surface area contributed by atoms with Gasteiger partial charge in [-0.2, -0.15) is 0 Å². The Balaban J connectivity index is 1.91. The quantitative estimate of drug-likeness (QED) is 0.325. The average Bonchev–Trinajstić information content (AvgIpc) is 2.55. The summed E-state index contributed by atoms with van der Waals surface area (Å²) in [5.41, 5.74) is 1.28. The van der Waals surface area contributed by atoms with E-state index in [1.807, 2.05) is 0 Å². The summed E-state index contributed by atoms with van der Waals surface area (Å²) in [4.78, 5) is 11.9. The van der Waals surface area contributed by atoms with Crippen molar-refractivity contribution in [3.05, 3.63) is 30.1 Å². The van der Waals surface area contributed by atoms with Gasteiger partial charge in [0.1, 0.15) is 12.3 Å². The topological polar surface area (TPSA) is 20.9 Å². The molecule has 0 bridgehead atoms. The molecule has 0 aromatic carbocycles. The number of carbonyl (C=O) groups excluding carboxylic acids is 1. The molecule has 0 atom stereocenters. The molecule has 0 spiro atoms. The standard InChI is InChI=1S/C21H36NO/c1-3-4-5-6-7-8-9-10-11-13-21(23)14-12-17-22-18-15-20(2)16-19-22/h15-16,18-19H,3-14,17H2,1-2H3/q+1. The molecule has 0 unspecified atom stereocenters. The fourth-order valence-corrected chi connectivity index (χ4v) is 2.90. The second kappa shape index (κ2) is 13.3. The van der Waals surface area contributed by atoms with Crippen LogP contribution in [0.3, 0.4) is 0 Å². The Morgan fingerprint density at radius 2 is 1.35 bits per heavy atom. The number of unbranched alkanes of at least 4 members (excludes halogenated alkanes) is 8. The number of carbonyl (C=O) groups is 1. The second-order valence-corrected chi connectivity index (χ2v) is 6.83. The van der Waals surface area contributed by atoms with E-state index in [4.69, 9.17) is 0 Å². The van der Waals surface area contributed by atoms with Gasteiger partial charge in [-0.3, -0.25) is 4.79 Å². The highest BCUT2D eigenvalue weighted by Crippen LogP contribution is 2.11. The van der Waals surface area contributed by atoms with Gasteiger partial charge in [0, 0.05) is 31.4 Å². The summed E-state index contributed by atoms with van der Waals surface area (Å²) in [6.07, 6.45) is 18.5. The van der Waals surface area contributed by atoms with Gasteiger partial charge in [-0.1, -0.05) is 58.3 Å². The van der Waals surface area contributed by atoms with Crippen LogP contribution >= 0.6 is 0 Å². The Bertz CT molecular complexity index is 410. The third-order valence-electron chi connectivity index (χ3n) is 4.49. The Kier molecular flexibility index (Phi) is 11.5. The van der Waals surface area contributed by atoms with Gasteiger partial charge < -0.3 is 0 Å². The second-order valence-electron chi connectivity index (χ2n) is 6.83. The first-order valence-electron chi connectivity index (χ1n) is 9.69. The van der Waals surface area contributed by atoms with E-state index >= 15 is 0 Å². The molecular weight excluding hydrogens is 282 g/mol. The minimum atomic E-state index is 0.445. The van der Waals surface area contributed by atoms with Gasteiger partial charge in [-0.25, -0.2) is 4.57 Å². The molecule has 2 nitrogen and oxygen atoms in total. The van der Waals surface area contributed by atoms with Gasteiger partial charge in [0.15, 0.2) is 12.4 Å². The van der Waals surface area contributed by atoms with Crippen molar-refractivity contribution in [2.75, 3.05) is 0 Å². The fraction of sp³-hybridized carbons (Fsp3) is 0.714. The molecule has 2 heteroatoms. The van der Waals surface area contributed by atoms with Crippen molar-refractivity contribution >= 4 is 5.78 Å². The molecule has 0 radical (unpaired) electrons. The minimum Gasteiger partial charge on any atom is -0.300 e. The lowest BCUT2D eigenvalue weighted by molar-refractivity contribution is -0.697. The lowest BCUT2D eigenvalue weighted by Crippen LogP contribution is -2.32. The van der Waals surface area contributed by atoms with Gasteiger partial charge >= 0.3 is 0 Å². The van der Waals surface area contributed by atoms with Crippen LogP contribution < -0.4 is 4.57 Å². The molecule has 1 rings (SSSR count). The van der Waals surface area contributed by atoms with Crippen LogP contribution in [0.1, 0.15) is 89.5 Å². The van der Waals surface area contributed by atoms with Crippen LogP contribution in [0.4, 0.5) is 0 Å². The molecular formula is C21H36NO+. The van der Waals surface area contributed by atoms with E-state index in [1.54, 1.807) is 0 Å². The van der Waals surface area contributed by atoms with Crippen molar-refractivity contribution in [3.8, 4) is 0 Å². The van der Waals surface area contributed by atoms with Crippen LogP contribution in [0, 0.1) is 6.92 Å². The fourth-order valence-electron chi connectivity index (χ4n) is 2.90. The van der Waals surface area contributed by atoms with Crippen LogP contribution in [-0.2, 0) is 11.3 Å². The smallest absolute Gasteiger partial charge is 0.169 e. The van der Waals surface area contributed by atoms with Crippen molar-refractivity contribution in [3.63, 3.8) is 0 Å². The number of hydrogen-bond acceptors (Lipinski definition) is 1. The molecule has 0 saturated carbocycles. The third-order valence-corrected chi connectivity index (χ3v) is 4.49. The zero-order valence-corrected chi connectivity index (χ0v) is 15.4. The maximum Gasteiger partial charge on any atom is 0.169 e. The lowest BCUT2D eigenvalue weighted by atomic mass is 10.0. The molecule has 23 heavy (non-hydrogen) atoms. The Labute approximate surface area is 143 Å². The monoisotopic (exact) mass is 318 g/mol. The molecule has 0 aliphatic heterocycles. The summed E-state index contributed by atoms with van der Waals surface area (Å²) < 4.78 is 2.17. The van der Waals surface area contributed by atoms with Gasteiger partial charge in [-0.05, 0) is 18.9 Å². The van der Waals surface area contributed by atoms with E-state index in [9.17, 15) is 4.79 Å². The van der Waals surface area contributed by atoms with E-state index in [1.165, 1.54) is 56.9 Å². The Morgan fingerprint density at radius 3 is 1.96 bits per heavy atom. The van der Waals surface area contributed by atoms with Gasteiger partial charge in [0.05, 0.1) is 0 Å². The zero-order valence-electron chi connectivity index (χ0n) is 15.4. The van der Waals surface area contributed by atoms with Gasteiger partial charge in [-0.15, -0.1) is 0 Å². The highest BCUT2D eigenvalue weighted by atomic mass is 16.1. The molecule has 1 heterocycles. The Hall–Kier alpha value is -1.18. The maximum absolute atomic E-state index is 11.9. The predicted octanol–water partition coefficient (Wildman–Crippen LogP) is 5.55. The van der Waals surface area contributed by atoms with Crippen molar-refractivity contribution in [2.45, 2.75) is 97.4 Å². The lowest BCUT2D eigenvalue weighted by Gasteiger charge is -2.02. The van der Waals surface area contributed by atoms with Crippen LogP contribution in [0.2, 0.25) is 0 Å². The molecule has 1 aromatic rings. The molecule has 0 saturated heterocycles. The largest absolute Gasteiger partial charge is 0.300 e. The number of aryl methyl sites for hydroxylation is 2. The normalized spacial score (nSPS) is 10.9. The van der Waals surface area contributed by atoms with Crippen LogP contribution in [0.15, 0.2) is 24.5 Å². The van der Waals surface area contributed by atoms with E-state index in [0.717, 1.165) is 32.2 Å². The summed E-state index contributed by atoms with van der Waals surface area (Å²) in [6, 6.07) is 4.23. The molecule has 0 N–H and O–H groups in total. The van der Waals surface area contributed by atoms with Crippen molar-refractivity contribution in [1.82, 2.24) is 0 Å². The molecule has 0 fully saturated rings. The SMILES string of the molecule is CCCCCCCCCCCC(=O)CCC[n+]1ccc(C)cc1. The predicted molar refractivity (Wildman–Crippen MR) is 97.5 cm³/mol. The van der Waals surface area contributed by atoms with Gasteiger partial charge in [0.25, 0.3) is 0 Å². The van der Waals surface area contributed by atoms with Crippen LogP contribution in [-0.4, -0.2) is 5.78 Å². The van der Waals surface area contributed by atoms with E-state index < -0.39 is 0 Å². The first-order chi connectivity index (χ1) is 11.2. The summed E-state index contributed by atoms with van der Waals surface area (Å²) in [6.45, 7) is 5.30. The summed E-state index contributed by atoms with van der Waals surface area (Å²) in [5.74, 6) is 0.445.